The number of piperidine rings is 1. The van der Waals surface area contributed by atoms with Gasteiger partial charge in [0.2, 0.25) is 5.91 Å². The molecule has 2 atom stereocenters. The van der Waals surface area contributed by atoms with Crippen molar-refractivity contribution < 1.29 is 9.59 Å². The maximum atomic E-state index is 12.0. The van der Waals surface area contributed by atoms with Crippen LogP contribution < -0.4 is 16.0 Å². The lowest BCUT2D eigenvalue weighted by molar-refractivity contribution is -0.122. The van der Waals surface area contributed by atoms with E-state index in [1.807, 2.05) is 17.5 Å². The molecule has 2 bridgehead atoms. The number of nitrogens with one attached hydrogen (secondary N) is 3. The van der Waals surface area contributed by atoms with Crippen LogP contribution >= 0.6 is 11.3 Å². The fraction of sp³-hybridized carbons (Fsp3) is 0.647. The Kier molecular flexibility index (Phi) is 5.67. The first-order chi connectivity index (χ1) is 11.2. The van der Waals surface area contributed by atoms with E-state index in [1.165, 1.54) is 24.2 Å². The van der Waals surface area contributed by atoms with E-state index < -0.39 is 0 Å². The van der Waals surface area contributed by atoms with Gasteiger partial charge in [-0.2, -0.15) is 0 Å². The van der Waals surface area contributed by atoms with Gasteiger partial charge in [-0.05, 0) is 49.5 Å². The molecule has 0 aromatic carbocycles. The average Bonchev–Trinajstić information content (AvgIpc) is 3.17. The summed E-state index contributed by atoms with van der Waals surface area (Å²) >= 11 is 1.44. The highest BCUT2D eigenvalue weighted by Crippen LogP contribution is 2.32. The smallest absolute Gasteiger partial charge is 0.261 e. The fourth-order valence-electron chi connectivity index (χ4n) is 3.69. The average molecular weight is 335 g/mol. The van der Waals surface area contributed by atoms with E-state index in [0.717, 1.165) is 24.1 Å². The predicted molar refractivity (Wildman–Crippen MR) is 91.6 cm³/mol. The zero-order valence-corrected chi connectivity index (χ0v) is 14.2. The van der Waals surface area contributed by atoms with Crippen molar-refractivity contribution in [3.05, 3.63) is 22.4 Å². The van der Waals surface area contributed by atoms with Gasteiger partial charge in [0.25, 0.3) is 5.91 Å². The minimum atomic E-state index is -0.0310. The Morgan fingerprint density at radius 1 is 1.17 bits per heavy atom. The predicted octanol–water partition coefficient (Wildman–Crippen LogP) is 1.90. The molecule has 3 heterocycles. The van der Waals surface area contributed by atoms with Crippen LogP contribution in [-0.4, -0.2) is 37.0 Å². The van der Waals surface area contributed by atoms with Gasteiger partial charge in [-0.1, -0.05) is 6.07 Å². The lowest BCUT2D eigenvalue weighted by atomic mass is 9.89. The molecule has 2 unspecified atom stereocenters. The number of hydrogen-bond donors (Lipinski definition) is 3. The van der Waals surface area contributed by atoms with Crippen LogP contribution in [0.1, 0.15) is 48.2 Å². The number of amides is 2. The van der Waals surface area contributed by atoms with Crippen molar-refractivity contribution in [2.75, 3.05) is 13.1 Å². The molecule has 2 aliphatic heterocycles. The van der Waals surface area contributed by atoms with Crippen LogP contribution in [0.15, 0.2) is 17.5 Å². The van der Waals surface area contributed by atoms with Crippen LogP contribution in [0, 0.1) is 5.92 Å². The number of carbonyl (C=O) groups is 2. The van der Waals surface area contributed by atoms with E-state index in [4.69, 9.17) is 0 Å². The molecule has 6 heteroatoms. The third-order valence-electron chi connectivity index (χ3n) is 4.75. The van der Waals surface area contributed by atoms with Crippen molar-refractivity contribution in [2.45, 2.75) is 50.6 Å². The van der Waals surface area contributed by atoms with Crippen LogP contribution in [-0.2, 0) is 4.79 Å². The standard InChI is InChI=1S/C17H25N3O2S/c21-16(11-12-9-13-4-5-14(10-12)20-13)18-6-2-7-19-17(22)15-3-1-8-23-15/h1,3,8,12-14,20H,2,4-7,9-11H2,(H,18,21)(H,19,22). The van der Waals surface area contributed by atoms with E-state index in [2.05, 4.69) is 16.0 Å². The summed E-state index contributed by atoms with van der Waals surface area (Å²) in [6, 6.07) is 4.96. The van der Waals surface area contributed by atoms with E-state index in [-0.39, 0.29) is 11.8 Å². The molecule has 3 N–H and O–H groups in total. The van der Waals surface area contributed by atoms with Crippen molar-refractivity contribution in [2.24, 2.45) is 5.92 Å². The van der Waals surface area contributed by atoms with Gasteiger partial charge in [0, 0.05) is 31.6 Å². The van der Waals surface area contributed by atoms with E-state index >= 15 is 0 Å². The first kappa shape index (κ1) is 16.5. The first-order valence-corrected chi connectivity index (χ1v) is 9.43. The molecule has 2 aliphatic rings. The zero-order valence-electron chi connectivity index (χ0n) is 13.3. The third kappa shape index (κ3) is 4.78. The third-order valence-corrected chi connectivity index (χ3v) is 5.62. The number of thiophene rings is 1. The van der Waals surface area contributed by atoms with E-state index in [1.54, 1.807) is 0 Å². The van der Waals surface area contributed by atoms with Crippen molar-refractivity contribution >= 4 is 23.2 Å². The summed E-state index contributed by atoms with van der Waals surface area (Å²) in [6.07, 6.45) is 6.23. The monoisotopic (exact) mass is 335 g/mol. The minimum absolute atomic E-state index is 0.0310. The van der Waals surface area contributed by atoms with Crippen molar-refractivity contribution in [3.63, 3.8) is 0 Å². The highest BCUT2D eigenvalue weighted by molar-refractivity contribution is 7.12. The van der Waals surface area contributed by atoms with Gasteiger partial charge in [-0.3, -0.25) is 9.59 Å². The number of hydrogen-bond acceptors (Lipinski definition) is 4. The van der Waals surface area contributed by atoms with E-state index in [0.29, 0.717) is 37.5 Å². The van der Waals surface area contributed by atoms with Gasteiger partial charge in [0.05, 0.1) is 4.88 Å². The second kappa shape index (κ2) is 7.93. The number of fused-ring (bicyclic) bond motifs is 2. The normalized spacial score (nSPS) is 26.0. The quantitative estimate of drug-likeness (QED) is 0.667. The van der Waals surface area contributed by atoms with Crippen molar-refractivity contribution in [1.82, 2.24) is 16.0 Å². The molecule has 2 amide bonds. The van der Waals surface area contributed by atoms with Gasteiger partial charge in [0.1, 0.15) is 0 Å². The first-order valence-electron chi connectivity index (χ1n) is 8.55. The fourth-order valence-corrected chi connectivity index (χ4v) is 4.33. The molecular formula is C17H25N3O2S. The zero-order chi connectivity index (χ0) is 16.1. The molecule has 0 radical (unpaired) electrons. The maximum Gasteiger partial charge on any atom is 0.261 e. The Hall–Kier alpha value is -1.40. The maximum absolute atomic E-state index is 12.0. The van der Waals surface area contributed by atoms with Crippen LogP contribution in [0.3, 0.4) is 0 Å². The molecule has 2 fully saturated rings. The molecule has 5 nitrogen and oxygen atoms in total. The Balaban J connectivity index is 1.26. The molecule has 23 heavy (non-hydrogen) atoms. The van der Waals surface area contributed by atoms with Crippen LogP contribution in [0.25, 0.3) is 0 Å². The molecule has 1 aromatic rings. The summed E-state index contributed by atoms with van der Waals surface area (Å²) in [4.78, 5) is 24.5. The Morgan fingerprint density at radius 2 is 1.91 bits per heavy atom. The van der Waals surface area contributed by atoms with Crippen LogP contribution in [0.2, 0.25) is 0 Å². The Labute approximate surface area is 141 Å². The van der Waals surface area contributed by atoms with Gasteiger partial charge in [-0.15, -0.1) is 11.3 Å². The van der Waals surface area contributed by atoms with E-state index in [9.17, 15) is 9.59 Å². The molecule has 1 aromatic heterocycles. The molecule has 126 valence electrons. The molecular weight excluding hydrogens is 310 g/mol. The summed E-state index contributed by atoms with van der Waals surface area (Å²) in [5.41, 5.74) is 0. The van der Waals surface area contributed by atoms with Gasteiger partial charge in [-0.25, -0.2) is 0 Å². The lowest BCUT2D eigenvalue weighted by Gasteiger charge is -2.28. The van der Waals surface area contributed by atoms with Crippen molar-refractivity contribution in [3.8, 4) is 0 Å². The molecule has 3 rings (SSSR count). The number of carbonyl (C=O) groups excluding carboxylic acids is 2. The highest BCUT2D eigenvalue weighted by atomic mass is 32.1. The molecule has 2 saturated heterocycles. The summed E-state index contributed by atoms with van der Waals surface area (Å²) in [5, 5.41) is 11.3. The van der Waals surface area contributed by atoms with Gasteiger partial charge >= 0.3 is 0 Å². The SMILES string of the molecule is O=C(CC1CC2CCC(C1)N2)NCCCNC(=O)c1cccs1. The van der Waals surface area contributed by atoms with Gasteiger partial charge in [0.15, 0.2) is 0 Å². The van der Waals surface area contributed by atoms with Crippen molar-refractivity contribution in [1.29, 1.82) is 0 Å². The molecule has 0 saturated carbocycles. The summed E-state index contributed by atoms with van der Waals surface area (Å²) in [5.74, 6) is 0.657. The second-order valence-electron chi connectivity index (χ2n) is 6.62. The summed E-state index contributed by atoms with van der Waals surface area (Å²) < 4.78 is 0. The largest absolute Gasteiger partial charge is 0.356 e. The lowest BCUT2D eigenvalue weighted by Crippen LogP contribution is -2.40. The van der Waals surface area contributed by atoms with Gasteiger partial charge < -0.3 is 16.0 Å². The van der Waals surface area contributed by atoms with Crippen LogP contribution in [0.4, 0.5) is 0 Å². The summed E-state index contributed by atoms with van der Waals surface area (Å²) in [7, 11) is 0. The molecule has 0 aliphatic carbocycles. The summed E-state index contributed by atoms with van der Waals surface area (Å²) in [6.45, 7) is 1.22. The topological polar surface area (TPSA) is 70.2 Å². The Bertz CT molecular complexity index is 520. The molecule has 0 spiro atoms. The number of rotatable bonds is 7. The van der Waals surface area contributed by atoms with Crippen LogP contribution in [0.5, 0.6) is 0 Å². The minimum Gasteiger partial charge on any atom is -0.356 e. The second-order valence-corrected chi connectivity index (χ2v) is 7.56. The Morgan fingerprint density at radius 3 is 2.61 bits per heavy atom. The highest BCUT2D eigenvalue weighted by Gasteiger charge is 2.33.